The summed E-state index contributed by atoms with van der Waals surface area (Å²) in [5.74, 6) is -0.461. The van der Waals surface area contributed by atoms with E-state index in [1.807, 2.05) is 0 Å². The van der Waals surface area contributed by atoms with Crippen molar-refractivity contribution in [1.82, 2.24) is 0 Å². The molecule has 5 heteroatoms. The highest BCUT2D eigenvalue weighted by atomic mass is 16.6. The number of esters is 2. The molecule has 0 saturated carbocycles. The van der Waals surface area contributed by atoms with Crippen LogP contribution in [0.1, 0.15) is 213 Å². The van der Waals surface area contributed by atoms with Gasteiger partial charge in [-0.15, -0.1) is 0 Å². The highest BCUT2D eigenvalue weighted by Crippen LogP contribution is 2.13. The smallest absolute Gasteiger partial charge is 0.306 e. The van der Waals surface area contributed by atoms with Crippen molar-refractivity contribution in [3.05, 3.63) is 109 Å². The number of unbranched alkanes of at least 4 members (excludes halogenated alkanes) is 16. The topological polar surface area (TPSA) is 61.8 Å². The van der Waals surface area contributed by atoms with Gasteiger partial charge >= 0.3 is 11.9 Å². The monoisotopic (exact) mass is 859 g/mol. The highest BCUT2D eigenvalue weighted by molar-refractivity contribution is 5.70. The van der Waals surface area contributed by atoms with Gasteiger partial charge in [-0.2, -0.15) is 0 Å². The molecule has 0 saturated heterocycles. The lowest BCUT2D eigenvalue weighted by molar-refractivity contribution is -0.163. The minimum Gasteiger partial charge on any atom is -0.462 e. The van der Waals surface area contributed by atoms with Gasteiger partial charge in [-0.3, -0.25) is 9.59 Å². The number of hydrogen-bond acceptors (Lipinski definition) is 5. The summed E-state index contributed by atoms with van der Waals surface area (Å²) in [6.45, 7) is 7.42. The number of carbonyl (C=O) groups is 2. The SMILES string of the molecule is CC/C=C\C/C=C\C/C=C\CCCCCCCCCCOCC(COC(=O)CCCCCCC/C=C\C/C=C\C/C=C\CC)OC(=O)CCCCC/C=C\C/C=C\C/C=C\CC. The maximum absolute atomic E-state index is 12.8. The van der Waals surface area contributed by atoms with Crippen molar-refractivity contribution in [1.29, 1.82) is 0 Å². The Kier molecular flexibility index (Phi) is 49.0. The maximum Gasteiger partial charge on any atom is 0.306 e. The van der Waals surface area contributed by atoms with Crippen molar-refractivity contribution in [3.63, 3.8) is 0 Å². The van der Waals surface area contributed by atoms with Gasteiger partial charge in [0.15, 0.2) is 6.10 Å². The molecule has 0 amide bonds. The molecule has 0 N–H and O–H groups in total. The molecule has 0 radical (unpaired) electrons. The van der Waals surface area contributed by atoms with E-state index in [0.29, 0.717) is 19.4 Å². The van der Waals surface area contributed by atoms with E-state index in [2.05, 4.69) is 130 Å². The Balaban J connectivity index is 4.35. The van der Waals surface area contributed by atoms with E-state index in [1.54, 1.807) is 0 Å². The first-order valence-corrected chi connectivity index (χ1v) is 25.4. The lowest BCUT2D eigenvalue weighted by atomic mass is 10.1. The lowest BCUT2D eigenvalue weighted by Gasteiger charge is -2.18. The van der Waals surface area contributed by atoms with Crippen LogP contribution in [0.3, 0.4) is 0 Å². The van der Waals surface area contributed by atoms with Crippen LogP contribution in [0.4, 0.5) is 0 Å². The summed E-state index contributed by atoms with van der Waals surface area (Å²) in [5, 5.41) is 0. The van der Waals surface area contributed by atoms with Crippen molar-refractivity contribution < 1.29 is 23.8 Å². The van der Waals surface area contributed by atoms with Crippen LogP contribution in [0.15, 0.2) is 109 Å². The zero-order chi connectivity index (χ0) is 44.9. The third-order valence-electron chi connectivity index (χ3n) is 10.3. The second-order valence-corrected chi connectivity index (χ2v) is 16.3. The molecule has 62 heavy (non-hydrogen) atoms. The first-order valence-electron chi connectivity index (χ1n) is 25.4. The summed E-state index contributed by atoms with van der Waals surface area (Å²) in [4.78, 5) is 25.4. The minimum atomic E-state index is -0.569. The van der Waals surface area contributed by atoms with Gasteiger partial charge in [0.25, 0.3) is 0 Å². The van der Waals surface area contributed by atoms with E-state index in [0.717, 1.165) is 122 Å². The van der Waals surface area contributed by atoms with Crippen molar-refractivity contribution in [3.8, 4) is 0 Å². The molecule has 0 aliphatic heterocycles. The van der Waals surface area contributed by atoms with Gasteiger partial charge in [-0.25, -0.2) is 0 Å². The largest absolute Gasteiger partial charge is 0.462 e. The number of carbonyl (C=O) groups excluding carboxylic acids is 2. The van der Waals surface area contributed by atoms with E-state index in [9.17, 15) is 9.59 Å². The molecule has 0 aliphatic carbocycles. The molecule has 0 aliphatic rings. The Hall–Kier alpha value is -3.44. The number of rotatable bonds is 45. The number of allylic oxidation sites excluding steroid dienone is 18. The summed E-state index contributed by atoms with van der Waals surface area (Å²) in [6.07, 6.45) is 71.0. The molecule has 5 nitrogen and oxygen atoms in total. The first kappa shape index (κ1) is 58.6. The molecular formula is C57H94O5. The van der Waals surface area contributed by atoms with Gasteiger partial charge in [0.2, 0.25) is 0 Å². The van der Waals surface area contributed by atoms with Crippen LogP contribution in [0.25, 0.3) is 0 Å². The van der Waals surface area contributed by atoms with E-state index in [1.165, 1.54) is 57.8 Å². The quantitative estimate of drug-likeness (QED) is 0.0347. The molecule has 0 aromatic carbocycles. The van der Waals surface area contributed by atoms with Gasteiger partial charge in [0, 0.05) is 19.4 Å². The van der Waals surface area contributed by atoms with Gasteiger partial charge in [0.05, 0.1) is 6.61 Å². The van der Waals surface area contributed by atoms with E-state index in [4.69, 9.17) is 14.2 Å². The fourth-order valence-corrected chi connectivity index (χ4v) is 6.61. The molecule has 0 bridgehead atoms. The fraction of sp³-hybridized carbons (Fsp3) is 0.649. The van der Waals surface area contributed by atoms with E-state index in [-0.39, 0.29) is 25.2 Å². The Morgan fingerprint density at radius 2 is 0.677 bits per heavy atom. The minimum absolute atomic E-state index is 0.0550. The third kappa shape index (κ3) is 49.2. The highest BCUT2D eigenvalue weighted by Gasteiger charge is 2.17. The zero-order valence-electron chi connectivity index (χ0n) is 40.3. The predicted octanol–water partition coefficient (Wildman–Crippen LogP) is 17.2. The Bertz CT molecular complexity index is 1250. The lowest BCUT2D eigenvalue weighted by Crippen LogP contribution is -2.30. The van der Waals surface area contributed by atoms with Gasteiger partial charge in [0.1, 0.15) is 6.61 Å². The summed E-state index contributed by atoms with van der Waals surface area (Å²) in [5.41, 5.74) is 0. The molecule has 0 heterocycles. The second-order valence-electron chi connectivity index (χ2n) is 16.3. The van der Waals surface area contributed by atoms with Crippen molar-refractivity contribution in [2.75, 3.05) is 19.8 Å². The van der Waals surface area contributed by atoms with Crippen LogP contribution in [0.5, 0.6) is 0 Å². The van der Waals surface area contributed by atoms with Gasteiger partial charge < -0.3 is 14.2 Å². The van der Waals surface area contributed by atoms with Crippen LogP contribution < -0.4 is 0 Å². The molecule has 0 fully saturated rings. The average molecular weight is 859 g/mol. The van der Waals surface area contributed by atoms with Gasteiger partial charge in [-0.05, 0) is 116 Å². The van der Waals surface area contributed by atoms with Crippen molar-refractivity contribution in [2.45, 2.75) is 219 Å². The molecule has 1 atom stereocenters. The summed E-state index contributed by atoms with van der Waals surface area (Å²) < 4.78 is 17.4. The average Bonchev–Trinajstić information content (AvgIpc) is 3.27. The fourth-order valence-electron chi connectivity index (χ4n) is 6.61. The first-order chi connectivity index (χ1) is 30.6. The van der Waals surface area contributed by atoms with Crippen LogP contribution in [0, 0.1) is 0 Å². The summed E-state index contributed by atoms with van der Waals surface area (Å²) in [7, 11) is 0. The molecule has 0 aromatic heterocycles. The molecular weight excluding hydrogens is 765 g/mol. The summed E-state index contributed by atoms with van der Waals surface area (Å²) >= 11 is 0. The third-order valence-corrected chi connectivity index (χ3v) is 10.3. The maximum atomic E-state index is 12.8. The Morgan fingerprint density at radius 3 is 1.10 bits per heavy atom. The molecule has 0 spiro atoms. The number of ether oxygens (including phenoxy) is 3. The molecule has 0 aromatic rings. The predicted molar refractivity (Wildman–Crippen MR) is 269 cm³/mol. The van der Waals surface area contributed by atoms with E-state index >= 15 is 0 Å². The Labute approximate surface area is 383 Å². The van der Waals surface area contributed by atoms with Crippen LogP contribution >= 0.6 is 0 Å². The van der Waals surface area contributed by atoms with Crippen LogP contribution in [0.2, 0.25) is 0 Å². The van der Waals surface area contributed by atoms with Crippen LogP contribution in [-0.2, 0) is 23.8 Å². The molecule has 1 unspecified atom stereocenters. The Morgan fingerprint density at radius 1 is 0.355 bits per heavy atom. The normalized spacial score (nSPS) is 13.1. The molecule has 352 valence electrons. The van der Waals surface area contributed by atoms with Crippen molar-refractivity contribution in [2.24, 2.45) is 0 Å². The van der Waals surface area contributed by atoms with Crippen molar-refractivity contribution >= 4 is 11.9 Å². The standard InChI is InChI=1S/C57H94O5/c1-4-7-10-13-16-19-22-25-27-28-29-31-34-37-40-43-46-49-52-60-53-55(62-57(59)51-48-45-42-39-36-32-24-21-18-15-12-9-6-3)54-61-56(58)50-47-44-41-38-35-33-30-26-23-20-17-14-11-8-5-2/h7-12,16-21,25-27,30,32,36,55H,4-6,13-15,22-24,28-29,31,33-35,37-54H2,1-3H3/b10-7-,11-8-,12-9-,19-16-,20-17-,21-18-,27-25-,30-26-,36-32-. The zero-order valence-corrected chi connectivity index (χ0v) is 40.3. The summed E-state index contributed by atoms with van der Waals surface area (Å²) in [6, 6.07) is 0. The van der Waals surface area contributed by atoms with E-state index < -0.39 is 6.10 Å². The van der Waals surface area contributed by atoms with Crippen LogP contribution in [-0.4, -0.2) is 37.9 Å². The second kappa shape index (κ2) is 51.9. The molecule has 0 rings (SSSR count). The van der Waals surface area contributed by atoms with Gasteiger partial charge in [-0.1, -0.05) is 194 Å². The number of hydrogen-bond donors (Lipinski definition) is 0.